The lowest BCUT2D eigenvalue weighted by Crippen LogP contribution is -2.37. The summed E-state index contributed by atoms with van der Waals surface area (Å²) in [5, 5.41) is 6.45. The van der Waals surface area contributed by atoms with Crippen molar-refractivity contribution in [2.45, 2.75) is 19.9 Å². The van der Waals surface area contributed by atoms with Gasteiger partial charge in [0.05, 0.1) is 6.61 Å². The highest BCUT2D eigenvalue weighted by Gasteiger charge is 2.01. The van der Waals surface area contributed by atoms with Crippen LogP contribution in [-0.2, 0) is 13.0 Å². The molecule has 0 fully saturated rings. The summed E-state index contributed by atoms with van der Waals surface area (Å²) in [4.78, 5) is 8.32. The van der Waals surface area contributed by atoms with Crippen LogP contribution in [0.3, 0.4) is 0 Å². The molecule has 0 bridgehead atoms. The van der Waals surface area contributed by atoms with Crippen molar-refractivity contribution in [2.75, 3.05) is 20.2 Å². The number of hydrogen-bond acceptors (Lipinski definition) is 3. The Morgan fingerprint density at radius 2 is 2.08 bits per heavy atom. The minimum atomic E-state index is -0.210. The number of nitrogens with one attached hydrogen (secondary N) is 2. The van der Waals surface area contributed by atoms with E-state index in [1.165, 1.54) is 6.07 Å². The smallest absolute Gasteiger partial charge is 0.213 e. The van der Waals surface area contributed by atoms with E-state index in [9.17, 15) is 4.39 Å². The molecule has 2 aromatic rings. The standard InChI is InChI=1S/C18H23FN4O/c1-3-24-17-12-15(8-9-21-17)13-23-18(20-2)22-10-7-14-5-4-6-16(19)11-14/h4-6,8-9,11-12H,3,7,10,13H2,1-2H3,(H2,20,22,23). The summed E-state index contributed by atoms with van der Waals surface area (Å²) in [6.07, 6.45) is 2.45. The van der Waals surface area contributed by atoms with Crippen LogP contribution in [0.15, 0.2) is 47.6 Å². The zero-order chi connectivity index (χ0) is 17.2. The third-order valence-corrected chi connectivity index (χ3v) is 3.37. The largest absolute Gasteiger partial charge is 0.478 e. The summed E-state index contributed by atoms with van der Waals surface area (Å²) >= 11 is 0. The van der Waals surface area contributed by atoms with Crippen molar-refractivity contribution in [1.82, 2.24) is 15.6 Å². The van der Waals surface area contributed by atoms with Crippen molar-refractivity contribution >= 4 is 5.96 Å². The predicted molar refractivity (Wildman–Crippen MR) is 93.7 cm³/mol. The number of ether oxygens (including phenoxy) is 1. The Bertz CT molecular complexity index is 676. The van der Waals surface area contributed by atoms with Gasteiger partial charge in [-0.2, -0.15) is 0 Å². The lowest BCUT2D eigenvalue weighted by molar-refractivity contribution is 0.326. The van der Waals surface area contributed by atoms with E-state index in [-0.39, 0.29) is 5.82 Å². The van der Waals surface area contributed by atoms with Crippen molar-refractivity contribution < 1.29 is 9.13 Å². The zero-order valence-corrected chi connectivity index (χ0v) is 14.1. The molecule has 0 saturated heterocycles. The number of hydrogen-bond donors (Lipinski definition) is 2. The average Bonchev–Trinajstić information content (AvgIpc) is 2.59. The van der Waals surface area contributed by atoms with Gasteiger partial charge in [-0.15, -0.1) is 0 Å². The second-order valence-electron chi connectivity index (χ2n) is 5.17. The Hall–Kier alpha value is -2.63. The number of benzene rings is 1. The third-order valence-electron chi connectivity index (χ3n) is 3.37. The first-order valence-electron chi connectivity index (χ1n) is 7.98. The van der Waals surface area contributed by atoms with Crippen molar-refractivity contribution in [1.29, 1.82) is 0 Å². The molecule has 2 rings (SSSR count). The first kappa shape index (κ1) is 17.7. The summed E-state index contributed by atoms with van der Waals surface area (Å²) in [7, 11) is 1.72. The third kappa shape index (κ3) is 5.87. The Kier molecular flexibility index (Phi) is 7.01. The van der Waals surface area contributed by atoms with Crippen LogP contribution in [0.5, 0.6) is 5.88 Å². The molecule has 24 heavy (non-hydrogen) atoms. The summed E-state index contributed by atoms with van der Waals surface area (Å²) in [5.41, 5.74) is 2.01. The molecule has 5 nitrogen and oxygen atoms in total. The van der Waals surface area contributed by atoms with Gasteiger partial charge in [0.2, 0.25) is 5.88 Å². The zero-order valence-electron chi connectivity index (χ0n) is 14.1. The van der Waals surface area contributed by atoms with E-state index < -0.39 is 0 Å². The maximum absolute atomic E-state index is 13.1. The van der Waals surface area contributed by atoms with E-state index in [0.717, 1.165) is 17.5 Å². The second-order valence-corrected chi connectivity index (χ2v) is 5.17. The Labute approximate surface area is 142 Å². The van der Waals surface area contributed by atoms with Gasteiger partial charge in [0, 0.05) is 32.4 Å². The number of aromatic nitrogens is 1. The summed E-state index contributed by atoms with van der Waals surface area (Å²) in [6, 6.07) is 10.4. The van der Waals surface area contributed by atoms with Crippen molar-refractivity contribution in [2.24, 2.45) is 4.99 Å². The molecule has 0 amide bonds. The lowest BCUT2D eigenvalue weighted by atomic mass is 10.1. The highest BCUT2D eigenvalue weighted by molar-refractivity contribution is 5.79. The van der Waals surface area contributed by atoms with Crippen LogP contribution in [0.25, 0.3) is 0 Å². The van der Waals surface area contributed by atoms with Crippen LogP contribution < -0.4 is 15.4 Å². The quantitative estimate of drug-likeness (QED) is 0.605. The van der Waals surface area contributed by atoms with Gasteiger partial charge in [-0.3, -0.25) is 4.99 Å². The Balaban J connectivity index is 1.79. The van der Waals surface area contributed by atoms with Crippen LogP contribution in [0.1, 0.15) is 18.1 Å². The first-order chi connectivity index (χ1) is 11.7. The number of guanidine groups is 1. The van der Waals surface area contributed by atoms with E-state index in [1.54, 1.807) is 25.4 Å². The molecule has 0 aliphatic carbocycles. The monoisotopic (exact) mass is 330 g/mol. The van der Waals surface area contributed by atoms with Gasteiger partial charge < -0.3 is 15.4 Å². The molecule has 1 aromatic heterocycles. The minimum absolute atomic E-state index is 0.210. The summed E-state index contributed by atoms with van der Waals surface area (Å²) < 4.78 is 18.5. The van der Waals surface area contributed by atoms with Crippen molar-refractivity contribution in [3.05, 3.63) is 59.5 Å². The summed E-state index contributed by atoms with van der Waals surface area (Å²) in [6.45, 7) is 3.80. The van der Waals surface area contributed by atoms with Crippen LogP contribution in [-0.4, -0.2) is 31.1 Å². The molecule has 2 N–H and O–H groups in total. The number of rotatable bonds is 7. The van der Waals surface area contributed by atoms with Gasteiger partial charge in [0.25, 0.3) is 0 Å². The Morgan fingerprint density at radius 1 is 1.21 bits per heavy atom. The van der Waals surface area contributed by atoms with Gasteiger partial charge in [-0.25, -0.2) is 9.37 Å². The average molecular weight is 330 g/mol. The highest BCUT2D eigenvalue weighted by atomic mass is 19.1. The SMILES string of the molecule is CCOc1cc(CNC(=NC)NCCc2cccc(F)c2)ccn1. The van der Waals surface area contributed by atoms with Gasteiger partial charge in [-0.05, 0) is 42.7 Å². The fourth-order valence-electron chi connectivity index (χ4n) is 2.21. The number of aliphatic imine (C=N–C) groups is 1. The van der Waals surface area contributed by atoms with E-state index in [1.807, 2.05) is 25.1 Å². The fraction of sp³-hybridized carbons (Fsp3) is 0.333. The molecule has 1 heterocycles. The molecular weight excluding hydrogens is 307 g/mol. The molecule has 0 aliphatic rings. The van der Waals surface area contributed by atoms with Gasteiger partial charge >= 0.3 is 0 Å². The number of halogens is 1. The van der Waals surface area contributed by atoms with E-state index >= 15 is 0 Å². The second kappa shape index (κ2) is 9.50. The summed E-state index contributed by atoms with van der Waals surface area (Å²) in [5.74, 6) is 1.10. The van der Waals surface area contributed by atoms with Gasteiger partial charge in [-0.1, -0.05) is 12.1 Å². The van der Waals surface area contributed by atoms with E-state index in [0.29, 0.717) is 31.5 Å². The highest BCUT2D eigenvalue weighted by Crippen LogP contribution is 2.09. The molecule has 1 aromatic carbocycles. The fourth-order valence-corrected chi connectivity index (χ4v) is 2.21. The first-order valence-corrected chi connectivity index (χ1v) is 7.98. The minimum Gasteiger partial charge on any atom is -0.478 e. The molecule has 0 radical (unpaired) electrons. The molecule has 0 atom stereocenters. The topological polar surface area (TPSA) is 58.5 Å². The molecule has 0 unspecified atom stereocenters. The normalized spacial score (nSPS) is 11.2. The lowest BCUT2D eigenvalue weighted by Gasteiger charge is -2.12. The molecule has 128 valence electrons. The number of pyridine rings is 1. The number of nitrogens with zero attached hydrogens (tertiary/aromatic N) is 2. The van der Waals surface area contributed by atoms with Crippen LogP contribution in [0.2, 0.25) is 0 Å². The van der Waals surface area contributed by atoms with E-state index in [2.05, 4.69) is 20.6 Å². The van der Waals surface area contributed by atoms with Crippen molar-refractivity contribution in [3.8, 4) is 5.88 Å². The van der Waals surface area contributed by atoms with Gasteiger partial charge in [0.15, 0.2) is 5.96 Å². The Morgan fingerprint density at radius 3 is 2.83 bits per heavy atom. The molecule has 0 aliphatic heterocycles. The van der Waals surface area contributed by atoms with Crippen LogP contribution >= 0.6 is 0 Å². The predicted octanol–water partition coefficient (Wildman–Crippen LogP) is 2.53. The van der Waals surface area contributed by atoms with E-state index in [4.69, 9.17) is 4.74 Å². The molecular formula is C18H23FN4O. The maximum atomic E-state index is 13.1. The van der Waals surface area contributed by atoms with Gasteiger partial charge in [0.1, 0.15) is 5.82 Å². The maximum Gasteiger partial charge on any atom is 0.213 e. The molecule has 0 saturated carbocycles. The molecule has 6 heteroatoms. The van der Waals surface area contributed by atoms with Crippen LogP contribution in [0, 0.1) is 5.82 Å². The van der Waals surface area contributed by atoms with Crippen LogP contribution in [0.4, 0.5) is 4.39 Å². The molecule has 0 spiro atoms. The van der Waals surface area contributed by atoms with Crippen molar-refractivity contribution in [3.63, 3.8) is 0 Å².